The quantitative estimate of drug-likeness (QED) is 0.387. The normalized spacial score (nSPS) is 12.4. The standard InChI is InChI=1S/C10H15NO4/c1-3-15-9(13)6-4-5-8(7(2)12)10(11)14/h4,6,8H,3,5H2,1-2H3,(H2,11,14). The molecule has 0 saturated carbocycles. The lowest BCUT2D eigenvalue weighted by Gasteiger charge is -2.05. The van der Waals surface area contributed by atoms with E-state index in [0.29, 0.717) is 0 Å². The average Bonchev–Trinajstić information content (AvgIpc) is 2.11. The van der Waals surface area contributed by atoms with Crippen molar-refractivity contribution in [3.05, 3.63) is 12.2 Å². The Morgan fingerprint density at radius 3 is 2.40 bits per heavy atom. The summed E-state index contributed by atoms with van der Waals surface area (Å²) < 4.78 is 4.62. The maximum Gasteiger partial charge on any atom is 0.330 e. The van der Waals surface area contributed by atoms with Crippen molar-refractivity contribution in [2.45, 2.75) is 20.3 Å². The van der Waals surface area contributed by atoms with Gasteiger partial charge in [-0.2, -0.15) is 0 Å². The number of carbonyl (C=O) groups excluding carboxylic acids is 3. The number of hydrogen-bond acceptors (Lipinski definition) is 4. The summed E-state index contributed by atoms with van der Waals surface area (Å²) in [5.41, 5.74) is 5.00. The summed E-state index contributed by atoms with van der Waals surface area (Å²) in [6.07, 6.45) is 2.72. The van der Waals surface area contributed by atoms with Crippen molar-refractivity contribution >= 4 is 17.7 Å². The molecule has 0 aliphatic heterocycles. The fraction of sp³-hybridized carbons (Fsp3) is 0.500. The topological polar surface area (TPSA) is 86.5 Å². The molecule has 0 aliphatic rings. The summed E-state index contributed by atoms with van der Waals surface area (Å²) in [5, 5.41) is 0. The Bertz CT molecular complexity index is 269. The van der Waals surface area contributed by atoms with Crippen molar-refractivity contribution in [3.63, 3.8) is 0 Å². The van der Waals surface area contributed by atoms with Gasteiger partial charge in [-0.05, 0) is 20.3 Å². The zero-order chi connectivity index (χ0) is 11.8. The van der Waals surface area contributed by atoms with Crippen LogP contribution >= 0.6 is 0 Å². The van der Waals surface area contributed by atoms with E-state index in [2.05, 4.69) is 4.74 Å². The van der Waals surface area contributed by atoms with Gasteiger partial charge in [0.1, 0.15) is 5.78 Å². The number of amides is 1. The molecule has 84 valence electrons. The van der Waals surface area contributed by atoms with Gasteiger partial charge in [-0.1, -0.05) is 6.08 Å². The number of ketones is 1. The third-order valence-corrected chi connectivity index (χ3v) is 1.75. The van der Waals surface area contributed by atoms with E-state index in [1.54, 1.807) is 6.92 Å². The second kappa shape index (κ2) is 6.75. The van der Waals surface area contributed by atoms with Crippen molar-refractivity contribution < 1.29 is 19.1 Å². The Labute approximate surface area is 88.3 Å². The fourth-order valence-corrected chi connectivity index (χ4v) is 0.973. The van der Waals surface area contributed by atoms with Crippen LogP contribution in [-0.2, 0) is 19.1 Å². The molecule has 0 saturated heterocycles. The molecule has 1 atom stereocenters. The minimum atomic E-state index is -0.865. The number of carbonyl (C=O) groups is 3. The van der Waals surface area contributed by atoms with Gasteiger partial charge in [0, 0.05) is 6.08 Å². The highest BCUT2D eigenvalue weighted by Gasteiger charge is 2.18. The second-order valence-electron chi connectivity index (χ2n) is 2.96. The molecule has 0 spiro atoms. The molecule has 0 bridgehead atoms. The fourth-order valence-electron chi connectivity index (χ4n) is 0.973. The third-order valence-electron chi connectivity index (χ3n) is 1.75. The van der Waals surface area contributed by atoms with Crippen molar-refractivity contribution in [3.8, 4) is 0 Å². The number of Topliss-reactive ketones (excluding diaryl/α,β-unsaturated/α-hetero) is 1. The van der Waals surface area contributed by atoms with Crippen LogP contribution in [-0.4, -0.2) is 24.3 Å². The number of allylic oxidation sites excluding steroid dienone is 1. The minimum absolute atomic E-state index is 0.128. The third kappa shape index (κ3) is 5.61. The van der Waals surface area contributed by atoms with E-state index in [-0.39, 0.29) is 18.8 Å². The Balaban J connectivity index is 4.16. The number of esters is 1. The molecule has 0 aromatic rings. The van der Waals surface area contributed by atoms with Crippen molar-refractivity contribution in [2.75, 3.05) is 6.61 Å². The molecule has 1 amide bonds. The van der Waals surface area contributed by atoms with Crippen molar-refractivity contribution in [2.24, 2.45) is 11.7 Å². The molecule has 0 aromatic carbocycles. The highest BCUT2D eigenvalue weighted by Crippen LogP contribution is 2.04. The lowest BCUT2D eigenvalue weighted by molar-refractivity contribution is -0.137. The van der Waals surface area contributed by atoms with Gasteiger partial charge < -0.3 is 10.5 Å². The van der Waals surface area contributed by atoms with Gasteiger partial charge in [-0.3, -0.25) is 9.59 Å². The first-order valence-corrected chi connectivity index (χ1v) is 4.62. The first kappa shape index (κ1) is 13.4. The van der Waals surface area contributed by atoms with E-state index in [0.717, 1.165) is 0 Å². The SMILES string of the molecule is CCOC(=O)C=CCC(C(C)=O)C(N)=O. The first-order valence-electron chi connectivity index (χ1n) is 4.62. The van der Waals surface area contributed by atoms with Crippen LogP contribution in [0, 0.1) is 5.92 Å². The molecular weight excluding hydrogens is 198 g/mol. The van der Waals surface area contributed by atoms with E-state index < -0.39 is 17.8 Å². The van der Waals surface area contributed by atoms with Crippen LogP contribution < -0.4 is 5.73 Å². The predicted molar refractivity (Wildman–Crippen MR) is 53.8 cm³/mol. The van der Waals surface area contributed by atoms with Gasteiger partial charge in [0.05, 0.1) is 12.5 Å². The van der Waals surface area contributed by atoms with Gasteiger partial charge in [0.2, 0.25) is 5.91 Å². The number of rotatable bonds is 6. The van der Waals surface area contributed by atoms with Gasteiger partial charge in [-0.25, -0.2) is 4.79 Å². The van der Waals surface area contributed by atoms with Crippen LogP contribution in [0.25, 0.3) is 0 Å². The molecule has 1 unspecified atom stereocenters. The van der Waals surface area contributed by atoms with Crippen LogP contribution in [0.4, 0.5) is 0 Å². The molecule has 15 heavy (non-hydrogen) atoms. The molecule has 0 fully saturated rings. The summed E-state index contributed by atoms with van der Waals surface area (Å²) >= 11 is 0. The molecular formula is C10H15NO4. The molecule has 0 rings (SSSR count). The molecule has 0 heterocycles. The maximum atomic E-state index is 10.9. The van der Waals surface area contributed by atoms with Crippen LogP contribution in [0.2, 0.25) is 0 Å². The zero-order valence-corrected chi connectivity index (χ0v) is 8.86. The van der Waals surface area contributed by atoms with Crippen LogP contribution in [0.5, 0.6) is 0 Å². The van der Waals surface area contributed by atoms with Gasteiger partial charge in [-0.15, -0.1) is 0 Å². The average molecular weight is 213 g/mol. The van der Waals surface area contributed by atoms with Gasteiger partial charge in [0.25, 0.3) is 0 Å². The van der Waals surface area contributed by atoms with Gasteiger partial charge >= 0.3 is 5.97 Å². The summed E-state index contributed by atoms with van der Waals surface area (Å²) in [5.74, 6) is -2.35. The molecule has 5 heteroatoms. The molecule has 0 radical (unpaired) electrons. The van der Waals surface area contributed by atoms with Crippen molar-refractivity contribution in [1.29, 1.82) is 0 Å². The largest absolute Gasteiger partial charge is 0.463 e. The number of nitrogens with two attached hydrogens (primary N) is 1. The van der Waals surface area contributed by atoms with E-state index in [1.165, 1.54) is 19.1 Å². The maximum absolute atomic E-state index is 10.9. The van der Waals surface area contributed by atoms with Gasteiger partial charge in [0.15, 0.2) is 0 Å². The molecule has 5 nitrogen and oxygen atoms in total. The Morgan fingerprint density at radius 1 is 1.40 bits per heavy atom. The van der Waals surface area contributed by atoms with E-state index in [9.17, 15) is 14.4 Å². The minimum Gasteiger partial charge on any atom is -0.463 e. The predicted octanol–water partition coefficient (Wildman–Crippen LogP) is 0.186. The zero-order valence-electron chi connectivity index (χ0n) is 8.86. The van der Waals surface area contributed by atoms with E-state index >= 15 is 0 Å². The lowest BCUT2D eigenvalue weighted by atomic mass is 10.0. The molecule has 2 N–H and O–H groups in total. The number of ether oxygens (including phenoxy) is 1. The summed E-state index contributed by atoms with van der Waals surface area (Å²) in [6, 6.07) is 0. The Kier molecular flexibility index (Phi) is 6.01. The van der Waals surface area contributed by atoms with Crippen LogP contribution in [0.15, 0.2) is 12.2 Å². The summed E-state index contributed by atoms with van der Waals surface area (Å²) in [6.45, 7) is 3.26. The monoisotopic (exact) mass is 213 g/mol. The van der Waals surface area contributed by atoms with Crippen LogP contribution in [0.1, 0.15) is 20.3 Å². The highest BCUT2D eigenvalue weighted by molar-refractivity contribution is 5.99. The molecule has 0 aromatic heterocycles. The van der Waals surface area contributed by atoms with E-state index in [4.69, 9.17) is 5.73 Å². The van der Waals surface area contributed by atoms with Crippen LogP contribution in [0.3, 0.4) is 0 Å². The summed E-state index contributed by atoms with van der Waals surface area (Å²) in [7, 11) is 0. The molecule has 0 aliphatic carbocycles. The number of primary amides is 1. The number of hydrogen-bond donors (Lipinski definition) is 1. The highest BCUT2D eigenvalue weighted by atomic mass is 16.5. The smallest absolute Gasteiger partial charge is 0.330 e. The first-order chi connectivity index (χ1) is 6.99. The van der Waals surface area contributed by atoms with Crippen molar-refractivity contribution in [1.82, 2.24) is 0 Å². The van der Waals surface area contributed by atoms with E-state index in [1.807, 2.05) is 0 Å². The lowest BCUT2D eigenvalue weighted by Crippen LogP contribution is -2.28. The Hall–Kier alpha value is -1.65. The Morgan fingerprint density at radius 2 is 2.00 bits per heavy atom. The second-order valence-corrected chi connectivity index (χ2v) is 2.96. The summed E-state index contributed by atoms with van der Waals surface area (Å²) in [4.78, 5) is 32.6.